The topological polar surface area (TPSA) is 37.3 Å². The first-order chi connectivity index (χ1) is 15.1. The summed E-state index contributed by atoms with van der Waals surface area (Å²) in [5.41, 5.74) is 1.57. The predicted molar refractivity (Wildman–Crippen MR) is 136 cm³/mol. The summed E-state index contributed by atoms with van der Waals surface area (Å²) in [5.74, 6) is 2.66. The molecule has 9 atom stereocenters. The Morgan fingerprint density at radius 3 is 1.94 bits per heavy atom. The average molecular weight is 457 g/mol. The van der Waals surface area contributed by atoms with Crippen LogP contribution in [0.1, 0.15) is 126 Å². The molecule has 33 heavy (non-hydrogen) atoms. The van der Waals surface area contributed by atoms with Gasteiger partial charge in [-0.25, -0.2) is 0 Å². The molecule has 1 N–H and O–H groups in total. The molecule has 0 bridgehead atoms. The zero-order valence-electron chi connectivity index (χ0n) is 23.1. The van der Waals surface area contributed by atoms with Crippen LogP contribution in [0, 0.1) is 55.7 Å². The Morgan fingerprint density at radius 2 is 1.27 bits per heavy atom. The molecule has 0 aromatic rings. The van der Waals surface area contributed by atoms with E-state index < -0.39 is 0 Å². The normalized spacial score (nSPS) is 58.0. The first-order valence-corrected chi connectivity index (χ1v) is 14.3. The summed E-state index contributed by atoms with van der Waals surface area (Å²) >= 11 is 0. The van der Waals surface area contributed by atoms with E-state index in [1.165, 1.54) is 57.8 Å². The molecule has 0 aromatic carbocycles. The number of aliphatic hydroxyl groups is 1. The van der Waals surface area contributed by atoms with Crippen LogP contribution in [0.15, 0.2) is 0 Å². The lowest BCUT2D eigenvalue weighted by atomic mass is 9.29. The van der Waals surface area contributed by atoms with Gasteiger partial charge in [-0.3, -0.25) is 4.79 Å². The van der Waals surface area contributed by atoms with E-state index >= 15 is 0 Å². The highest BCUT2D eigenvalue weighted by atomic mass is 16.3. The third-order valence-corrected chi connectivity index (χ3v) is 14.6. The van der Waals surface area contributed by atoms with Gasteiger partial charge in [0.15, 0.2) is 0 Å². The predicted octanol–water partition coefficient (Wildman–Crippen LogP) is 7.82. The highest BCUT2D eigenvalue weighted by Crippen LogP contribution is 2.79. The van der Waals surface area contributed by atoms with E-state index in [4.69, 9.17) is 0 Å². The van der Waals surface area contributed by atoms with Crippen LogP contribution >= 0.6 is 0 Å². The van der Waals surface area contributed by atoms with Gasteiger partial charge >= 0.3 is 0 Å². The van der Waals surface area contributed by atoms with Crippen LogP contribution in [0.3, 0.4) is 0 Å². The second-order valence-corrected chi connectivity index (χ2v) is 15.9. The molecule has 0 saturated heterocycles. The summed E-state index contributed by atoms with van der Waals surface area (Å²) in [5, 5.41) is 10.3. The number of aliphatic hydroxyl groups excluding tert-OH is 1. The number of ketones is 1. The molecular weight excluding hydrogens is 404 g/mol. The van der Waals surface area contributed by atoms with Crippen molar-refractivity contribution in [2.24, 2.45) is 55.7 Å². The molecule has 1 unspecified atom stereocenters. The molecule has 0 spiro atoms. The van der Waals surface area contributed by atoms with E-state index in [1.807, 2.05) is 0 Å². The molecule has 2 heteroatoms. The first kappa shape index (κ1) is 24.3. The van der Waals surface area contributed by atoms with E-state index in [0.717, 1.165) is 24.7 Å². The zero-order valence-corrected chi connectivity index (χ0v) is 23.1. The van der Waals surface area contributed by atoms with Crippen molar-refractivity contribution in [2.75, 3.05) is 6.61 Å². The zero-order chi connectivity index (χ0) is 24.3. The van der Waals surface area contributed by atoms with E-state index in [9.17, 15) is 9.90 Å². The summed E-state index contributed by atoms with van der Waals surface area (Å²) in [4.78, 5) is 13.0. The Balaban J connectivity index is 1.55. The van der Waals surface area contributed by atoms with Crippen LogP contribution in [-0.2, 0) is 4.79 Å². The monoisotopic (exact) mass is 456 g/mol. The molecule has 0 radical (unpaired) electrons. The van der Waals surface area contributed by atoms with E-state index in [-0.39, 0.29) is 16.2 Å². The van der Waals surface area contributed by atoms with Gasteiger partial charge in [0.25, 0.3) is 0 Å². The lowest BCUT2D eigenvalue weighted by Gasteiger charge is -2.75. The van der Waals surface area contributed by atoms with Crippen molar-refractivity contribution in [3.63, 3.8) is 0 Å². The van der Waals surface area contributed by atoms with Gasteiger partial charge < -0.3 is 5.11 Å². The van der Waals surface area contributed by atoms with Crippen LogP contribution in [0.4, 0.5) is 0 Å². The maximum atomic E-state index is 13.0. The van der Waals surface area contributed by atoms with Gasteiger partial charge in [0, 0.05) is 18.4 Å². The molecule has 5 saturated carbocycles. The minimum Gasteiger partial charge on any atom is -0.396 e. The Kier molecular flexibility index (Phi) is 5.08. The van der Waals surface area contributed by atoms with Crippen molar-refractivity contribution in [3.8, 4) is 0 Å². The molecule has 0 heterocycles. The lowest BCUT2D eigenvalue weighted by Crippen LogP contribution is -2.68. The number of Topliss-reactive ketones (excluding diaryl/α,β-unsaturated/α-hetero) is 1. The molecule has 5 aliphatic carbocycles. The maximum Gasteiger partial charge on any atom is 0.139 e. The fourth-order valence-electron chi connectivity index (χ4n) is 11.4. The number of carbonyl (C=O) groups is 1. The van der Waals surface area contributed by atoms with Gasteiger partial charge in [0.05, 0.1) is 0 Å². The number of fused-ring (bicyclic) bond motifs is 7. The van der Waals surface area contributed by atoms with Crippen molar-refractivity contribution in [1.29, 1.82) is 0 Å². The Labute approximate surface area is 204 Å². The molecule has 5 aliphatic rings. The van der Waals surface area contributed by atoms with Gasteiger partial charge in [0.2, 0.25) is 0 Å². The SMILES string of the molecule is CC1(CO)CC[C@]2(C)CC[C@]3(C)[C@H]4CC[C@@]5(C)[C@@H](CCC(=O)C5(C)C)[C@]4(C)CC[C@@]3(C)[C@@H]2C1. The van der Waals surface area contributed by atoms with Crippen LogP contribution in [0.2, 0.25) is 0 Å². The van der Waals surface area contributed by atoms with Crippen molar-refractivity contribution >= 4 is 5.78 Å². The van der Waals surface area contributed by atoms with Crippen molar-refractivity contribution in [1.82, 2.24) is 0 Å². The van der Waals surface area contributed by atoms with Crippen LogP contribution in [0.5, 0.6) is 0 Å². The molecule has 5 rings (SSSR count). The number of carbonyl (C=O) groups excluding carboxylic acids is 1. The Bertz CT molecular complexity index is 846. The quantitative estimate of drug-likeness (QED) is 0.436. The lowest BCUT2D eigenvalue weighted by molar-refractivity contribution is -0.263. The summed E-state index contributed by atoms with van der Waals surface area (Å²) < 4.78 is 0. The third kappa shape index (κ3) is 2.80. The maximum absolute atomic E-state index is 13.0. The molecular formula is C31H52O2. The van der Waals surface area contributed by atoms with Crippen molar-refractivity contribution in [3.05, 3.63) is 0 Å². The molecule has 0 aromatic heterocycles. The highest BCUT2D eigenvalue weighted by Gasteiger charge is 2.72. The first-order valence-electron chi connectivity index (χ1n) is 14.3. The molecule has 188 valence electrons. The van der Waals surface area contributed by atoms with Crippen molar-refractivity contribution < 1.29 is 9.90 Å². The second kappa shape index (κ2) is 6.89. The van der Waals surface area contributed by atoms with Crippen LogP contribution in [-0.4, -0.2) is 17.5 Å². The van der Waals surface area contributed by atoms with Crippen LogP contribution < -0.4 is 0 Å². The summed E-state index contributed by atoms with van der Waals surface area (Å²) in [6.07, 6.45) is 13.5. The van der Waals surface area contributed by atoms with Gasteiger partial charge in [0.1, 0.15) is 5.78 Å². The van der Waals surface area contributed by atoms with E-state index in [0.29, 0.717) is 40.0 Å². The fraction of sp³-hybridized carbons (Fsp3) is 0.968. The Hall–Kier alpha value is -0.370. The number of hydrogen-bond donors (Lipinski definition) is 1. The minimum absolute atomic E-state index is 0.102. The van der Waals surface area contributed by atoms with Gasteiger partial charge in [-0.15, -0.1) is 0 Å². The van der Waals surface area contributed by atoms with Gasteiger partial charge in [-0.1, -0.05) is 55.4 Å². The summed E-state index contributed by atoms with van der Waals surface area (Å²) in [6, 6.07) is 0. The molecule has 0 aliphatic heterocycles. The smallest absolute Gasteiger partial charge is 0.139 e. The number of rotatable bonds is 1. The standard InChI is InChI=1S/C31H52O2/c1-25(2)24(33)10-9-21-28(5)16-18-31(8)23-19-26(3,20-32)13-14-27(23,4)15-17-30(31,7)22(28)11-12-29(21,25)6/h21-23,32H,9-20H2,1-8H3/t21-,22-,23+,26?,27+,28-,29-,30+,31-/m0/s1. The molecule has 0 amide bonds. The Morgan fingerprint density at radius 1 is 0.697 bits per heavy atom. The second-order valence-electron chi connectivity index (χ2n) is 15.9. The fourth-order valence-corrected chi connectivity index (χ4v) is 11.4. The van der Waals surface area contributed by atoms with Crippen LogP contribution in [0.25, 0.3) is 0 Å². The highest BCUT2D eigenvalue weighted by molar-refractivity contribution is 5.86. The molecule has 5 fully saturated rings. The van der Waals surface area contributed by atoms with Crippen molar-refractivity contribution in [2.45, 2.75) is 126 Å². The number of hydrogen-bond acceptors (Lipinski definition) is 2. The summed E-state index contributed by atoms with van der Waals surface area (Å²) in [7, 11) is 0. The van der Waals surface area contributed by atoms with E-state index in [1.54, 1.807) is 0 Å². The van der Waals surface area contributed by atoms with Gasteiger partial charge in [-0.05, 0) is 114 Å². The third-order valence-electron chi connectivity index (χ3n) is 14.6. The largest absolute Gasteiger partial charge is 0.396 e. The van der Waals surface area contributed by atoms with E-state index in [2.05, 4.69) is 55.4 Å². The molecule has 2 nitrogen and oxygen atoms in total. The van der Waals surface area contributed by atoms with Gasteiger partial charge in [-0.2, -0.15) is 0 Å². The average Bonchev–Trinajstić information content (AvgIpc) is 2.75. The minimum atomic E-state index is -0.191. The summed E-state index contributed by atoms with van der Waals surface area (Å²) in [6.45, 7) is 20.3.